The van der Waals surface area contributed by atoms with Gasteiger partial charge in [0.2, 0.25) is 5.91 Å². The highest BCUT2D eigenvalue weighted by molar-refractivity contribution is 7.85. The van der Waals surface area contributed by atoms with Gasteiger partial charge in [-0.05, 0) is 51.4 Å². The number of amides is 1. The van der Waals surface area contributed by atoms with Crippen LogP contribution in [-0.4, -0.2) is 41.9 Å². The van der Waals surface area contributed by atoms with Gasteiger partial charge in [0.15, 0.2) is 0 Å². The van der Waals surface area contributed by atoms with Gasteiger partial charge in [-0.25, -0.2) is 0 Å². The molecule has 0 saturated carbocycles. The van der Waals surface area contributed by atoms with Gasteiger partial charge in [-0.15, -0.1) is 0 Å². The van der Waals surface area contributed by atoms with Crippen molar-refractivity contribution >= 4 is 16.0 Å². The zero-order chi connectivity index (χ0) is 34.0. The van der Waals surface area contributed by atoms with E-state index < -0.39 is 28.0 Å². The Kier molecular flexibility index (Phi) is 32.4. The third kappa shape index (κ3) is 33.9. The van der Waals surface area contributed by atoms with E-state index in [-0.39, 0.29) is 12.3 Å². The van der Waals surface area contributed by atoms with Gasteiger partial charge in [-0.2, -0.15) is 8.42 Å². The van der Waals surface area contributed by atoms with Crippen molar-refractivity contribution in [1.82, 2.24) is 5.32 Å². The molecule has 0 aromatic rings. The second kappa shape index (κ2) is 33.5. The Hall–Kier alpha value is -1.44. The summed E-state index contributed by atoms with van der Waals surface area (Å²) in [6, 6.07) is -1.07. The molecular weight excluding hydrogens is 594 g/mol. The van der Waals surface area contributed by atoms with Gasteiger partial charge in [0.1, 0.15) is 0 Å². The molecule has 0 aliphatic heterocycles. The van der Waals surface area contributed by atoms with Crippen LogP contribution in [0.1, 0.15) is 187 Å². The average Bonchev–Trinajstić information content (AvgIpc) is 3.01. The van der Waals surface area contributed by atoms with Crippen LogP contribution in [0.5, 0.6) is 0 Å². The molecule has 0 saturated heterocycles. The second-order valence-corrected chi connectivity index (χ2v) is 14.7. The number of nitrogens with one attached hydrogen (secondary N) is 1. The second-order valence-electron chi connectivity index (χ2n) is 13.2. The van der Waals surface area contributed by atoms with Crippen LogP contribution in [0.3, 0.4) is 0 Å². The lowest BCUT2D eigenvalue weighted by atomic mass is 10.0. The number of carbonyl (C=O) groups is 1. The van der Waals surface area contributed by atoms with Crippen LogP contribution in [0.2, 0.25) is 0 Å². The molecule has 3 N–H and O–H groups in total. The third-order valence-electron chi connectivity index (χ3n) is 8.54. The molecule has 0 heterocycles. The van der Waals surface area contributed by atoms with E-state index in [9.17, 15) is 22.9 Å². The number of hydrogen-bond acceptors (Lipinski definition) is 4. The minimum Gasteiger partial charge on any atom is -0.387 e. The number of hydrogen-bond donors (Lipinski definition) is 3. The van der Waals surface area contributed by atoms with E-state index in [2.05, 4.69) is 43.5 Å². The highest BCUT2D eigenvalue weighted by atomic mass is 32.2. The van der Waals surface area contributed by atoms with Crippen LogP contribution in [0.15, 0.2) is 36.5 Å². The average molecular weight is 668 g/mol. The molecule has 0 spiro atoms. The van der Waals surface area contributed by atoms with Gasteiger partial charge < -0.3 is 10.4 Å². The van der Waals surface area contributed by atoms with Crippen LogP contribution in [-0.2, 0) is 14.9 Å². The van der Waals surface area contributed by atoms with Gasteiger partial charge >= 0.3 is 0 Å². The summed E-state index contributed by atoms with van der Waals surface area (Å²) in [6.45, 7) is 4.43. The minimum absolute atomic E-state index is 0.287. The first-order valence-corrected chi connectivity index (χ1v) is 20.8. The van der Waals surface area contributed by atoms with Gasteiger partial charge in [0.25, 0.3) is 10.1 Å². The van der Waals surface area contributed by atoms with Gasteiger partial charge in [-0.1, -0.05) is 166 Å². The number of aliphatic hydroxyl groups excluding tert-OH is 1. The van der Waals surface area contributed by atoms with Crippen LogP contribution in [0.25, 0.3) is 0 Å². The van der Waals surface area contributed by atoms with Crippen molar-refractivity contribution in [2.45, 2.75) is 199 Å². The third-order valence-corrected chi connectivity index (χ3v) is 9.32. The first-order chi connectivity index (χ1) is 22.3. The maximum atomic E-state index is 12.4. The summed E-state index contributed by atoms with van der Waals surface area (Å²) >= 11 is 0. The van der Waals surface area contributed by atoms with E-state index in [1.165, 1.54) is 128 Å². The highest BCUT2D eigenvalue weighted by Gasteiger charge is 2.24. The smallest absolute Gasteiger partial charge is 0.267 e. The number of rotatable bonds is 34. The minimum atomic E-state index is -4.34. The summed E-state index contributed by atoms with van der Waals surface area (Å²) in [5.41, 5.74) is 0. The molecule has 7 heteroatoms. The van der Waals surface area contributed by atoms with E-state index in [1.807, 2.05) is 0 Å². The molecule has 0 aromatic heterocycles. The van der Waals surface area contributed by atoms with E-state index in [0.29, 0.717) is 6.42 Å². The predicted octanol–water partition coefficient (Wildman–Crippen LogP) is 11.0. The lowest BCUT2D eigenvalue weighted by Crippen LogP contribution is -2.46. The molecule has 0 bridgehead atoms. The van der Waals surface area contributed by atoms with Gasteiger partial charge in [0, 0.05) is 6.42 Å². The normalized spacial score (nSPS) is 13.7. The fourth-order valence-corrected chi connectivity index (χ4v) is 6.36. The Morgan fingerprint density at radius 1 is 0.565 bits per heavy atom. The zero-order valence-corrected chi connectivity index (χ0v) is 30.8. The van der Waals surface area contributed by atoms with E-state index in [1.54, 1.807) is 6.08 Å². The SMILES string of the molecule is CCCC/C=C/CC/C=C/C(O)C(CS(=O)(=O)O)NC(=O)CCCCCCCCCCCCC/C=C\CCCCCCCCCC. The molecule has 0 aliphatic carbocycles. The van der Waals surface area contributed by atoms with Crippen molar-refractivity contribution < 1.29 is 22.9 Å². The predicted molar refractivity (Wildman–Crippen MR) is 198 cm³/mol. The summed E-state index contributed by atoms with van der Waals surface area (Å²) in [7, 11) is -4.34. The molecular formula is C39H73NO5S. The largest absolute Gasteiger partial charge is 0.387 e. The van der Waals surface area contributed by atoms with Gasteiger partial charge in [0.05, 0.1) is 17.9 Å². The van der Waals surface area contributed by atoms with Crippen molar-refractivity contribution in [3.05, 3.63) is 36.5 Å². The van der Waals surface area contributed by atoms with Crippen LogP contribution in [0, 0.1) is 0 Å². The Morgan fingerprint density at radius 2 is 0.957 bits per heavy atom. The fourth-order valence-electron chi connectivity index (χ4n) is 5.62. The molecule has 0 radical (unpaired) electrons. The van der Waals surface area contributed by atoms with Crippen LogP contribution >= 0.6 is 0 Å². The molecule has 2 atom stereocenters. The molecule has 0 fully saturated rings. The molecule has 0 aromatic carbocycles. The van der Waals surface area contributed by atoms with E-state index in [4.69, 9.17) is 0 Å². The van der Waals surface area contributed by atoms with Crippen molar-refractivity contribution in [3.8, 4) is 0 Å². The summed E-state index contributed by atoms with van der Waals surface area (Å²) < 4.78 is 32.2. The molecule has 46 heavy (non-hydrogen) atoms. The highest BCUT2D eigenvalue weighted by Crippen LogP contribution is 2.14. The quantitative estimate of drug-likeness (QED) is 0.0360. The molecule has 1 amide bonds. The molecule has 0 rings (SSSR count). The first kappa shape index (κ1) is 44.6. The maximum Gasteiger partial charge on any atom is 0.267 e. The molecule has 2 unspecified atom stereocenters. The Bertz CT molecular complexity index is 868. The lowest BCUT2D eigenvalue weighted by molar-refractivity contribution is -0.122. The van der Waals surface area contributed by atoms with Crippen LogP contribution in [0.4, 0.5) is 0 Å². The number of allylic oxidation sites excluding steroid dienone is 5. The number of aliphatic hydroxyl groups is 1. The maximum absolute atomic E-state index is 12.4. The Balaban J connectivity index is 3.79. The van der Waals surface area contributed by atoms with Crippen molar-refractivity contribution in [2.24, 2.45) is 0 Å². The zero-order valence-electron chi connectivity index (χ0n) is 29.9. The first-order valence-electron chi connectivity index (χ1n) is 19.2. The topological polar surface area (TPSA) is 104 Å². The number of unbranched alkanes of at least 4 members (excludes halogenated alkanes) is 22. The molecule has 270 valence electrons. The van der Waals surface area contributed by atoms with Crippen LogP contribution < -0.4 is 5.32 Å². The van der Waals surface area contributed by atoms with Crippen molar-refractivity contribution in [3.63, 3.8) is 0 Å². The molecule has 6 nitrogen and oxygen atoms in total. The standard InChI is InChI=1S/C39H73NO5S/c1-3-5-7-9-11-13-14-15-16-17-18-19-20-21-22-23-24-25-26-27-29-31-33-35-39(42)40-37(36-46(43,44)45)38(41)34-32-30-28-12-10-8-6-4-2/h10,12,17-18,32,34,37-38,41H,3-9,11,13-16,19-31,33,35-36H2,1-2H3,(H,40,42)(H,43,44,45)/b12-10+,18-17-,34-32+. The van der Waals surface area contributed by atoms with Crippen molar-refractivity contribution in [1.29, 1.82) is 0 Å². The summed E-state index contributed by atoms with van der Waals surface area (Å²) in [5, 5.41) is 13.1. The Morgan fingerprint density at radius 3 is 1.43 bits per heavy atom. The van der Waals surface area contributed by atoms with E-state index in [0.717, 1.165) is 38.5 Å². The Labute approximate surface area is 285 Å². The number of carbonyl (C=O) groups excluding carboxylic acids is 1. The van der Waals surface area contributed by atoms with Gasteiger partial charge in [-0.3, -0.25) is 9.35 Å². The van der Waals surface area contributed by atoms with E-state index >= 15 is 0 Å². The summed E-state index contributed by atoms with van der Waals surface area (Å²) in [6.07, 6.45) is 43.0. The monoisotopic (exact) mass is 668 g/mol. The molecule has 0 aliphatic rings. The fraction of sp³-hybridized carbons (Fsp3) is 0.821. The lowest BCUT2D eigenvalue weighted by Gasteiger charge is -2.21. The summed E-state index contributed by atoms with van der Waals surface area (Å²) in [5.74, 6) is -1.00. The summed E-state index contributed by atoms with van der Waals surface area (Å²) in [4.78, 5) is 12.4. The van der Waals surface area contributed by atoms with Crippen molar-refractivity contribution in [2.75, 3.05) is 5.75 Å².